The molecule has 180 valence electrons. The Morgan fingerprint density at radius 2 is 1.70 bits per heavy atom. The molecule has 0 saturated carbocycles. The third-order valence-electron chi connectivity index (χ3n) is 4.55. The molecule has 33 heavy (non-hydrogen) atoms. The molecular weight excluding hydrogens is 424 g/mol. The zero-order valence-electron chi connectivity index (χ0n) is 20.5. The minimum absolute atomic E-state index is 0.0930. The Balaban J connectivity index is 2.52. The van der Waals surface area contributed by atoms with E-state index >= 15 is 0 Å². The molecule has 1 heterocycles. The van der Waals surface area contributed by atoms with Crippen LogP contribution in [-0.2, 0) is 31.8 Å². The van der Waals surface area contributed by atoms with Crippen LogP contribution in [-0.4, -0.2) is 47.1 Å². The molecule has 0 saturated heterocycles. The number of aromatic nitrogens is 1. The van der Waals surface area contributed by atoms with Gasteiger partial charge >= 0.3 is 18.2 Å². The monoisotopic (exact) mass is 458 g/mol. The van der Waals surface area contributed by atoms with Crippen LogP contribution < -0.4 is 5.32 Å². The summed E-state index contributed by atoms with van der Waals surface area (Å²) in [6.45, 7) is 14.4. The van der Waals surface area contributed by atoms with E-state index < -0.39 is 35.4 Å². The van der Waals surface area contributed by atoms with Crippen molar-refractivity contribution < 1.29 is 28.6 Å². The number of allylic oxidation sites excluding steroid dienone is 1. The van der Waals surface area contributed by atoms with Crippen molar-refractivity contribution in [3.8, 4) is 0 Å². The number of methoxy groups -OCH3 is 1. The van der Waals surface area contributed by atoms with Gasteiger partial charge in [-0.25, -0.2) is 14.4 Å². The Morgan fingerprint density at radius 3 is 2.24 bits per heavy atom. The van der Waals surface area contributed by atoms with Crippen LogP contribution in [0.15, 0.2) is 37.1 Å². The molecule has 1 aromatic carbocycles. The minimum atomic E-state index is -1.01. The van der Waals surface area contributed by atoms with Crippen LogP contribution in [0.4, 0.5) is 9.59 Å². The molecule has 0 radical (unpaired) electrons. The van der Waals surface area contributed by atoms with E-state index in [-0.39, 0.29) is 6.42 Å². The van der Waals surface area contributed by atoms with E-state index in [4.69, 9.17) is 14.2 Å². The first kappa shape index (κ1) is 26.0. The van der Waals surface area contributed by atoms with Gasteiger partial charge in [-0.1, -0.05) is 24.3 Å². The maximum Gasteiger partial charge on any atom is 0.419 e. The smallest absolute Gasteiger partial charge is 0.419 e. The summed E-state index contributed by atoms with van der Waals surface area (Å²) >= 11 is 0. The number of rotatable bonds is 6. The molecule has 8 nitrogen and oxygen atoms in total. The quantitative estimate of drug-likeness (QED) is 0.381. The molecule has 0 bridgehead atoms. The van der Waals surface area contributed by atoms with Crippen molar-refractivity contribution in [1.29, 1.82) is 0 Å². The molecule has 0 aliphatic rings. The lowest BCUT2D eigenvalue weighted by Crippen LogP contribution is -2.45. The van der Waals surface area contributed by atoms with Crippen molar-refractivity contribution in [2.75, 3.05) is 7.11 Å². The Labute approximate surface area is 194 Å². The molecule has 2 rings (SSSR count). The minimum Gasteiger partial charge on any atom is -0.467 e. The van der Waals surface area contributed by atoms with Gasteiger partial charge < -0.3 is 19.5 Å². The average molecular weight is 459 g/mol. The predicted molar refractivity (Wildman–Crippen MR) is 126 cm³/mol. The third kappa shape index (κ3) is 7.10. The summed E-state index contributed by atoms with van der Waals surface area (Å²) in [5.74, 6) is -0.624. The highest BCUT2D eigenvalue weighted by atomic mass is 16.6. The van der Waals surface area contributed by atoms with Gasteiger partial charge in [-0.2, -0.15) is 0 Å². The summed E-state index contributed by atoms with van der Waals surface area (Å²) in [7, 11) is 1.25. The van der Waals surface area contributed by atoms with Crippen LogP contribution in [0.25, 0.3) is 10.9 Å². The van der Waals surface area contributed by atoms with E-state index in [1.807, 2.05) is 18.2 Å². The second kappa shape index (κ2) is 10.1. The second-order valence-corrected chi connectivity index (χ2v) is 9.74. The largest absolute Gasteiger partial charge is 0.467 e. The van der Waals surface area contributed by atoms with E-state index in [2.05, 4.69) is 11.9 Å². The summed E-state index contributed by atoms with van der Waals surface area (Å²) in [6, 6.07) is 4.63. The lowest BCUT2D eigenvalue weighted by Gasteiger charge is -2.22. The molecule has 1 amide bonds. The Morgan fingerprint density at radius 1 is 1.06 bits per heavy atom. The second-order valence-electron chi connectivity index (χ2n) is 9.74. The number of fused-ring (bicyclic) bond motifs is 1. The molecule has 0 unspecified atom stereocenters. The van der Waals surface area contributed by atoms with Gasteiger partial charge in [0, 0.05) is 18.0 Å². The van der Waals surface area contributed by atoms with Crippen molar-refractivity contribution in [2.45, 2.75) is 71.6 Å². The Hall–Kier alpha value is -3.29. The number of amides is 1. The van der Waals surface area contributed by atoms with E-state index in [1.165, 1.54) is 11.7 Å². The standard InChI is InChI=1S/C25H34N2O6/c1-9-11-16-12-10-13-18-17(15-27(20(16)18)23(30)33-25(5,6)7)14-19(21(28)31-8)26-22(29)32-24(2,3)4/h9-10,12-13,15,19H,1,11,14H2,2-8H3,(H,26,29)/t19-/m0/s1. The maximum atomic E-state index is 13.0. The number of hydrogen-bond acceptors (Lipinski definition) is 6. The molecule has 1 N–H and O–H groups in total. The van der Waals surface area contributed by atoms with Crippen LogP contribution in [0.2, 0.25) is 0 Å². The molecule has 8 heteroatoms. The molecule has 1 atom stereocenters. The van der Waals surface area contributed by atoms with E-state index in [0.29, 0.717) is 17.5 Å². The first-order chi connectivity index (χ1) is 15.3. The zero-order valence-corrected chi connectivity index (χ0v) is 20.5. The summed E-state index contributed by atoms with van der Waals surface area (Å²) in [6.07, 6.45) is 2.75. The molecule has 0 fully saturated rings. The number of benzene rings is 1. The first-order valence-electron chi connectivity index (χ1n) is 10.8. The molecule has 1 aromatic heterocycles. The van der Waals surface area contributed by atoms with Crippen molar-refractivity contribution in [3.05, 3.63) is 48.2 Å². The summed E-state index contributed by atoms with van der Waals surface area (Å²) in [4.78, 5) is 37.8. The van der Waals surface area contributed by atoms with Crippen LogP contribution in [0.1, 0.15) is 52.7 Å². The van der Waals surface area contributed by atoms with Gasteiger partial charge in [0.2, 0.25) is 0 Å². The molecule has 0 spiro atoms. The predicted octanol–water partition coefficient (Wildman–Crippen LogP) is 4.76. The van der Waals surface area contributed by atoms with Crippen molar-refractivity contribution in [2.24, 2.45) is 0 Å². The Bertz CT molecular complexity index is 1040. The fraction of sp³-hybridized carbons (Fsp3) is 0.480. The van der Waals surface area contributed by atoms with Gasteiger partial charge in [-0.3, -0.25) is 4.57 Å². The first-order valence-corrected chi connectivity index (χ1v) is 10.8. The number of hydrogen-bond donors (Lipinski definition) is 1. The molecular formula is C25H34N2O6. The van der Waals surface area contributed by atoms with E-state index in [9.17, 15) is 14.4 Å². The van der Waals surface area contributed by atoms with Crippen molar-refractivity contribution in [1.82, 2.24) is 9.88 Å². The van der Waals surface area contributed by atoms with Gasteiger partial charge in [0.15, 0.2) is 0 Å². The highest BCUT2D eigenvalue weighted by Gasteiger charge is 2.28. The summed E-state index contributed by atoms with van der Waals surface area (Å²) in [5, 5.41) is 3.34. The van der Waals surface area contributed by atoms with Crippen LogP contribution in [0, 0.1) is 0 Å². The highest BCUT2D eigenvalue weighted by Crippen LogP contribution is 2.28. The third-order valence-corrected chi connectivity index (χ3v) is 4.55. The average Bonchev–Trinajstić information content (AvgIpc) is 3.04. The summed E-state index contributed by atoms with van der Waals surface area (Å²) in [5.41, 5.74) is 0.815. The normalized spacial score (nSPS) is 12.7. The van der Waals surface area contributed by atoms with Crippen molar-refractivity contribution >= 4 is 29.1 Å². The summed E-state index contributed by atoms with van der Waals surface area (Å²) < 4.78 is 17.2. The number of para-hydroxylation sites is 1. The number of nitrogens with one attached hydrogen (secondary N) is 1. The number of esters is 1. The van der Waals surface area contributed by atoms with Gasteiger partial charge in [0.05, 0.1) is 12.6 Å². The number of nitrogens with zero attached hydrogens (tertiary/aromatic N) is 1. The number of carbonyl (C=O) groups excluding carboxylic acids is 3. The van der Waals surface area contributed by atoms with E-state index in [1.54, 1.807) is 53.8 Å². The van der Waals surface area contributed by atoms with Crippen LogP contribution in [0.5, 0.6) is 0 Å². The SMILES string of the molecule is C=CCc1cccc2c(C[C@H](NC(=O)OC(C)(C)C)C(=O)OC)cn(C(=O)OC(C)(C)C)c12. The fourth-order valence-electron chi connectivity index (χ4n) is 3.37. The lowest BCUT2D eigenvalue weighted by atomic mass is 10.0. The number of alkyl carbamates (subject to hydrolysis) is 1. The zero-order chi connectivity index (χ0) is 25.0. The Kier molecular flexibility index (Phi) is 7.95. The van der Waals surface area contributed by atoms with Crippen LogP contribution >= 0.6 is 0 Å². The van der Waals surface area contributed by atoms with Gasteiger partial charge in [0.1, 0.15) is 17.2 Å². The molecule has 0 aliphatic heterocycles. The topological polar surface area (TPSA) is 95.9 Å². The number of carbonyl (C=O) groups is 3. The van der Waals surface area contributed by atoms with E-state index in [0.717, 1.165) is 10.9 Å². The highest BCUT2D eigenvalue weighted by molar-refractivity contribution is 5.95. The van der Waals surface area contributed by atoms with Gasteiger partial charge in [-0.05, 0) is 59.1 Å². The molecule has 2 aromatic rings. The lowest BCUT2D eigenvalue weighted by molar-refractivity contribution is -0.143. The van der Waals surface area contributed by atoms with Crippen LogP contribution in [0.3, 0.4) is 0 Å². The van der Waals surface area contributed by atoms with Gasteiger partial charge in [0.25, 0.3) is 0 Å². The maximum absolute atomic E-state index is 13.0. The van der Waals surface area contributed by atoms with Gasteiger partial charge in [-0.15, -0.1) is 6.58 Å². The number of ether oxygens (including phenoxy) is 3. The van der Waals surface area contributed by atoms with Crippen molar-refractivity contribution in [3.63, 3.8) is 0 Å². The molecule has 0 aliphatic carbocycles. The fourth-order valence-corrected chi connectivity index (χ4v) is 3.37.